The second-order valence-corrected chi connectivity index (χ2v) is 15.1. The third-order valence-corrected chi connectivity index (χ3v) is 9.37. The molecule has 0 saturated heterocycles. The van der Waals surface area contributed by atoms with Crippen LogP contribution in [0, 0.1) is 5.92 Å². The fourth-order valence-electron chi connectivity index (χ4n) is 5.42. The van der Waals surface area contributed by atoms with Crippen LogP contribution in [0.4, 0.5) is 0 Å². The fraction of sp³-hybridized carbons (Fsp3) is 0.568. The molecule has 22 nitrogen and oxygen atoms in total. The highest BCUT2D eigenvalue weighted by Gasteiger charge is 2.34. The summed E-state index contributed by atoms with van der Waals surface area (Å²) in [5.41, 5.74) is 17.0. The second kappa shape index (κ2) is 26.9. The molecule has 1 aromatic rings. The number of hydrogen-bond acceptors (Lipinski definition) is 12. The number of nitrogens with one attached hydrogen (secondary N) is 6. The second-order valence-electron chi connectivity index (χ2n) is 14.1. The first-order valence-corrected chi connectivity index (χ1v) is 20.4. The first-order valence-electron chi connectivity index (χ1n) is 19.0. The Balaban J connectivity index is 3.28. The minimum atomic E-state index is -1.54. The summed E-state index contributed by atoms with van der Waals surface area (Å²) in [5.74, 6) is -9.82. The van der Waals surface area contributed by atoms with E-state index in [2.05, 4.69) is 36.9 Å². The minimum Gasteiger partial charge on any atom is -0.481 e. The van der Waals surface area contributed by atoms with E-state index in [1.54, 1.807) is 50.4 Å². The van der Waals surface area contributed by atoms with Gasteiger partial charge in [0, 0.05) is 19.4 Å². The van der Waals surface area contributed by atoms with Gasteiger partial charge in [-0.1, -0.05) is 44.2 Å². The molecule has 0 aliphatic carbocycles. The number of aliphatic carboxylic acids is 3. The molecule has 0 unspecified atom stereocenters. The van der Waals surface area contributed by atoms with Gasteiger partial charge in [0.1, 0.15) is 36.3 Å². The lowest BCUT2D eigenvalue weighted by molar-refractivity contribution is -0.142. The number of amides is 6. The lowest BCUT2D eigenvalue weighted by atomic mass is 10.0. The molecule has 1 rings (SSSR count). The van der Waals surface area contributed by atoms with Gasteiger partial charge in [-0.15, -0.1) is 0 Å². The number of rotatable bonds is 28. The van der Waals surface area contributed by atoms with Gasteiger partial charge in [0.15, 0.2) is 5.96 Å². The lowest BCUT2D eigenvalue weighted by Gasteiger charge is -2.28. The lowest BCUT2D eigenvalue weighted by Crippen LogP contribution is -2.60. The van der Waals surface area contributed by atoms with Gasteiger partial charge in [-0.2, -0.15) is 11.8 Å². The van der Waals surface area contributed by atoms with Gasteiger partial charge >= 0.3 is 17.9 Å². The summed E-state index contributed by atoms with van der Waals surface area (Å²) in [7, 11) is 0. The normalized spacial score (nSPS) is 14.4. The van der Waals surface area contributed by atoms with Crippen LogP contribution in [0.25, 0.3) is 0 Å². The van der Waals surface area contributed by atoms with Gasteiger partial charge in [-0.25, -0.2) is 4.79 Å². The van der Waals surface area contributed by atoms with Crippen LogP contribution in [0.2, 0.25) is 0 Å². The third kappa shape index (κ3) is 20.1. The van der Waals surface area contributed by atoms with Crippen molar-refractivity contribution in [2.24, 2.45) is 28.1 Å². The SMILES string of the molecule is CSCC[C@H](NC(=O)[C@H](CCC(=O)O)NC(=O)[C@@H](NC(=O)[C@H](CCCN=C(N)N)NC(=O)[C@H](C)NC(=O)[C@@H](N)CC(=O)O)C(C)C)C(=O)N[C@@H](Cc1ccccc1)C(=O)O. The minimum absolute atomic E-state index is 0.0483. The molecule has 0 heterocycles. The predicted octanol–water partition coefficient (Wildman–Crippen LogP) is -2.63. The number of guanidine groups is 1. The Hall–Kier alpha value is -5.97. The number of nitrogens with zero attached hydrogens (tertiary/aromatic N) is 1. The smallest absolute Gasteiger partial charge is 0.326 e. The van der Waals surface area contributed by atoms with E-state index in [9.17, 15) is 53.4 Å². The van der Waals surface area contributed by atoms with E-state index in [-0.39, 0.29) is 38.2 Å². The zero-order chi connectivity index (χ0) is 45.5. The summed E-state index contributed by atoms with van der Waals surface area (Å²) in [5, 5.41) is 42.9. The molecule has 23 heteroatoms. The fourth-order valence-corrected chi connectivity index (χ4v) is 5.89. The van der Waals surface area contributed by atoms with Crippen LogP contribution in [0.1, 0.15) is 64.9 Å². The average Bonchev–Trinajstić information content (AvgIpc) is 3.17. The Morgan fingerprint density at radius 3 is 1.73 bits per heavy atom. The average molecular weight is 867 g/mol. The van der Waals surface area contributed by atoms with Crippen LogP contribution in [0.15, 0.2) is 35.3 Å². The molecular formula is C37H58N10O12S. The quantitative estimate of drug-likeness (QED) is 0.0233. The van der Waals surface area contributed by atoms with Gasteiger partial charge in [-0.05, 0) is 56.1 Å². The van der Waals surface area contributed by atoms with Crippen molar-refractivity contribution in [3.05, 3.63) is 35.9 Å². The van der Waals surface area contributed by atoms with E-state index in [0.717, 1.165) is 0 Å². The molecule has 1 aromatic carbocycles. The maximum atomic E-state index is 13.8. The molecule has 0 fully saturated rings. The predicted molar refractivity (Wildman–Crippen MR) is 220 cm³/mol. The molecule has 6 amide bonds. The number of carbonyl (C=O) groups excluding carboxylic acids is 6. The monoisotopic (exact) mass is 866 g/mol. The van der Waals surface area contributed by atoms with Crippen molar-refractivity contribution in [3.8, 4) is 0 Å². The van der Waals surface area contributed by atoms with Gasteiger partial charge in [0.05, 0.1) is 12.5 Å². The van der Waals surface area contributed by atoms with E-state index in [4.69, 9.17) is 22.3 Å². The van der Waals surface area contributed by atoms with E-state index in [1.807, 2.05) is 0 Å². The molecule has 0 saturated carbocycles. The van der Waals surface area contributed by atoms with Crippen LogP contribution in [-0.2, 0) is 49.6 Å². The highest BCUT2D eigenvalue weighted by atomic mass is 32.2. The molecule has 0 radical (unpaired) electrons. The molecule has 15 N–H and O–H groups in total. The van der Waals surface area contributed by atoms with Crippen molar-refractivity contribution in [2.45, 2.75) is 108 Å². The number of carbonyl (C=O) groups is 9. The third-order valence-electron chi connectivity index (χ3n) is 8.73. The van der Waals surface area contributed by atoms with Gasteiger partial charge < -0.3 is 64.4 Å². The number of aliphatic imine (C=N–C) groups is 1. The molecule has 334 valence electrons. The van der Waals surface area contributed by atoms with E-state index in [0.29, 0.717) is 11.3 Å². The van der Waals surface area contributed by atoms with E-state index < -0.39 is 121 Å². The van der Waals surface area contributed by atoms with Crippen molar-refractivity contribution < 1.29 is 58.5 Å². The summed E-state index contributed by atoms with van der Waals surface area (Å²) in [6.07, 6.45) is 0.108. The number of hydrogen-bond donors (Lipinski definition) is 12. The van der Waals surface area contributed by atoms with Crippen molar-refractivity contribution in [1.29, 1.82) is 0 Å². The van der Waals surface area contributed by atoms with Crippen molar-refractivity contribution in [1.82, 2.24) is 31.9 Å². The summed E-state index contributed by atoms with van der Waals surface area (Å²) >= 11 is 1.35. The van der Waals surface area contributed by atoms with Gasteiger partial charge in [0.2, 0.25) is 35.4 Å². The van der Waals surface area contributed by atoms with Crippen LogP contribution in [0.5, 0.6) is 0 Å². The molecule has 0 spiro atoms. The molecule has 7 atom stereocenters. The summed E-state index contributed by atoms with van der Waals surface area (Å²) in [6.45, 7) is 4.45. The number of carboxylic acids is 3. The van der Waals surface area contributed by atoms with Crippen LogP contribution in [-0.4, -0.2) is 135 Å². The summed E-state index contributed by atoms with van der Waals surface area (Å²) in [4.78, 5) is 118. The van der Waals surface area contributed by atoms with E-state index in [1.165, 1.54) is 18.7 Å². The molecule has 0 aliphatic rings. The van der Waals surface area contributed by atoms with Crippen molar-refractivity contribution >= 4 is 71.1 Å². The Labute approximate surface area is 351 Å². The Morgan fingerprint density at radius 1 is 0.667 bits per heavy atom. The van der Waals surface area contributed by atoms with Gasteiger partial charge in [-0.3, -0.25) is 43.3 Å². The topological polar surface area (TPSA) is 377 Å². The number of thioether (sulfide) groups is 1. The zero-order valence-electron chi connectivity index (χ0n) is 34.0. The summed E-state index contributed by atoms with van der Waals surface area (Å²) in [6, 6.07) is -1.08. The molecule has 0 aliphatic heterocycles. The van der Waals surface area contributed by atoms with Crippen molar-refractivity contribution in [2.75, 3.05) is 18.6 Å². The number of nitrogens with two attached hydrogens (primary N) is 3. The number of carboxylic acid groups (broad SMARTS) is 3. The molecular weight excluding hydrogens is 809 g/mol. The van der Waals surface area contributed by atoms with Gasteiger partial charge in [0.25, 0.3) is 0 Å². The number of benzene rings is 1. The van der Waals surface area contributed by atoms with Crippen LogP contribution >= 0.6 is 11.8 Å². The zero-order valence-corrected chi connectivity index (χ0v) is 34.8. The summed E-state index contributed by atoms with van der Waals surface area (Å²) < 4.78 is 0. The van der Waals surface area contributed by atoms with Crippen LogP contribution in [0.3, 0.4) is 0 Å². The maximum Gasteiger partial charge on any atom is 0.326 e. The first kappa shape index (κ1) is 52.0. The molecule has 0 bridgehead atoms. The largest absolute Gasteiger partial charge is 0.481 e. The van der Waals surface area contributed by atoms with Crippen LogP contribution < -0.4 is 49.1 Å². The van der Waals surface area contributed by atoms with E-state index >= 15 is 0 Å². The molecule has 0 aromatic heterocycles. The molecule has 60 heavy (non-hydrogen) atoms. The highest BCUT2D eigenvalue weighted by molar-refractivity contribution is 7.98. The standard InChI is InChI=1S/C37H58N10O12S/c1-19(2)29(47-34(56)23(11-8-15-41-37(39)40)43-30(52)20(3)42-31(53)22(38)18-28(50)51)35(57)45-24(12-13-27(48)49)32(54)44-25(14-16-60-4)33(55)46-26(36(58)59)17-21-9-6-5-7-10-21/h5-7,9-10,19-20,22-26,29H,8,11-18,38H2,1-4H3,(H,42,53)(H,43,52)(H,44,54)(H,45,57)(H,46,55)(H,47,56)(H,48,49)(H,50,51)(H,58,59)(H4,39,40,41)/t20-,22-,23-,24-,25-,26-,29-/m0/s1. The van der Waals surface area contributed by atoms with Crippen molar-refractivity contribution in [3.63, 3.8) is 0 Å². The Bertz CT molecular complexity index is 1680. The first-order chi connectivity index (χ1) is 28.2. The Morgan fingerprint density at radius 2 is 1.20 bits per heavy atom. The maximum absolute atomic E-state index is 13.8. The Kier molecular flexibility index (Phi) is 23.3. The highest BCUT2D eigenvalue weighted by Crippen LogP contribution is 2.10.